The Morgan fingerprint density at radius 2 is 2.18 bits per heavy atom. The Morgan fingerprint density at radius 3 is 2.77 bits per heavy atom. The zero-order valence-corrected chi connectivity index (χ0v) is 13.6. The third-order valence-corrected chi connectivity index (χ3v) is 3.90. The number of aryl methyl sites for hydroxylation is 1. The van der Waals surface area contributed by atoms with Crippen molar-refractivity contribution in [3.05, 3.63) is 23.9 Å². The van der Waals surface area contributed by atoms with Crippen molar-refractivity contribution in [3.63, 3.8) is 0 Å². The minimum absolute atomic E-state index is 0.118. The van der Waals surface area contributed by atoms with Crippen LogP contribution in [-0.4, -0.2) is 59.8 Å². The van der Waals surface area contributed by atoms with Gasteiger partial charge in [0, 0.05) is 38.4 Å². The number of aromatic nitrogens is 1. The molecule has 0 aromatic carbocycles. The second-order valence-electron chi connectivity index (χ2n) is 6.08. The number of nitrogens with zero attached hydrogens (tertiary/aromatic N) is 3. The Hall–Kier alpha value is -1.82. The Kier molecular flexibility index (Phi) is 5.60. The second-order valence-corrected chi connectivity index (χ2v) is 6.08. The van der Waals surface area contributed by atoms with Crippen LogP contribution in [0.25, 0.3) is 0 Å². The number of amides is 2. The SMILES string of the molecule is Cc1cccc(N2CCC(NC(=O)N(C)CC(C)O)CC2)n1. The number of likely N-dealkylation sites (N-methyl/N-ethyl adjacent to an activating group) is 1. The number of piperidine rings is 1. The van der Waals surface area contributed by atoms with Gasteiger partial charge in [-0.3, -0.25) is 0 Å². The van der Waals surface area contributed by atoms with Crippen LogP contribution in [0.1, 0.15) is 25.5 Å². The Morgan fingerprint density at radius 1 is 1.50 bits per heavy atom. The number of anilines is 1. The number of nitrogens with one attached hydrogen (secondary N) is 1. The molecule has 1 saturated heterocycles. The molecular weight excluding hydrogens is 280 g/mol. The molecule has 22 heavy (non-hydrogen) atoms. The standard InChI is InChI=1S/C16H26N4O2/c1-12-5-4-6-15(17-12)20-9-7-14(8-10-20)18-16(22)19(3)11-13(2)21/h4-6,13-14,21H,7-11H2,1-3H3,(H,18,22). The van der Waals surface area contributed by atoms with Crippen molar-refractivity contribution in [2.75, 3.05) is 31.6 Å². The Bertz CT molecular complexity index is 499. The molecule has 0 saturated carbocycles. The van der Waals surface area contributed by atoms with E-state index in [0.717, 1.165) is 37.4 Å². The summed E-state index contributed by atoms with van der Waals surface area (Å²) in [5, 5.41) is 12.4. The van der Waals surface area contributed by atoms with Gasteiger partial charge >= 0.3 is 6.03 Å². The molecule has 0 aliphatic carbocycles. The van der Waals surface area contributed by atoms with Crippen molar-refractivity contribution in [2.45, 2.75) is 38.8 Å². The highest BCUT2D eigenvalue weighted by atomic mass is 16.3. The van der Waals surface area contributed by atoms with Crippen LogP contribution in [0, 0.1) is 6.92 Å². The maximum absolute atomic E-state index is 12.0. The summed E-state index contributed by atoms with van der Waals surface area (Å²) in [4.78, 5) is 20.4. The lowest BCUT2D eigenvalue weighted by molar-refractivity contribution is 0.141. The molecule has 2 N–H and O–H groups in total. The van der Waals surface area contributed by atoms with Crippen LogP contribution >= 0.6 is 0 Å². The second kappa shape index (κ2) is 7.45. The third-order valence-electron chi connectivity index (χ3n) is 3.90. The number of hydrogen-bond donors (Lipinski definition) is 2. The zero-order chi connectivity index (χ0) is 16.1. The van der Waals surface area contributed by atoms with Crippen molar-refractivity contribution in [1.82, 2.24) is 15.2 Å². The molecule has 1 unspecified atom stereocenters. The topological polar surface area (TPSA) is 68.7 Å². The van der Waals surface area contributed by atoms with E-state index >= 15 is 0 Å². The van der Waals surface area contributed by atoms with E-state index in [1.54, 1.807) is 14.0 Å². The molecule has 0 spiro atoms. The molecule has 2 amide bonds. The van der Waals surface area contributed by atoms with Crippen LogP contribution in [0.2, 0.25) is 0 Å². The summed E-state index contributed by atoms with van der Waals surface area (Å²) in [5.74, 6) is 1.01. The molecule has 2 rings (SSSR count). The molecule has 0 bridgehead atoms. The number of carbonyl (C=O) groups is 1. The first-order valence-corrected chi connectivity index (χ1v) is 7.84. The summed E-state index contributed by atoms with van der Waals surface area (Å²) in [6.07, 6.45) is 1.30. The van der Waals surface area contributed by atoms with E-state index in [9.17, 15) is 9.90 Å². The molecule has 1 aliphatic heterocycles. The number of pyridine rings is 1. The molecule has 6 nitrogen and oxygen atoms in total. The molecule has 2 heterocycles. The summed E-state index contributed by atoms with van der Waals surface area (Å²) in [7, 11) is 1.70. The third kappa shape index (κ3) is 4.59. The number of aliphatic hydroxyl groups excluding tert-OH is 1. The summed E-state index contributed by atoms with van der Waals surface area (Å²) < 4.78 is 0. The van der Waals surface area contributed by atoms with Crippen LogP contribution in [0.4, 0.5) is 10.6 Å². The van der Waals surface area contributed by atoms with Crippen LogP contribution in [0.3, 0.4) is 0 Å². The first-order valence-electron chi connectivity index (χ1n) is 7.84. The molecule has 1 atom stereocenters. The average molecular weight is 306 g/mol. The number of hydrogen-bond acceptors (Lipinski definition) is 4. The highest BCUT2D eigenvalue weighted by Gasteiger charge is 2.22. The summed E-state index contributed by atoms with van der Waals surface area (Å²) in [6.45, 7) is 5.80. The van der Waals surface area contributed by atoms with Crippen molar-refractivity contribution in [1.29, 1.82) is 0 Å². The minimum Gasteiger partial charge on any atom is -0.392 e. The van der Waals surface area contributed by atoms with E-state index in [4.69, 9.17) is 0 Å². The van der Waals surface area contributed by atoms with Gasteiger partial charge in [0.2, 0.25) is 0 Å². The van der Waals surface area contributed by atoms with Gasteiger partial charge in [0.15, 0.2) is 0 Å². The van der Waals surface area contributed by atoms with E-state index < -0.39 is 6.10 Å². The predicted octanol–water partition coefficient (Wildman–Crippen LogP) is 1.38. The summed E-state index contributed by atoms with van der Waals surface area (Å²) >= 11 is 0. The highest BCUT2D eigenvalue weighted by molar-refractivity contribution is 5.74. The van der Waals surface area contributed by atoms with E-state index in [0.29, 0.717) is 6.54 Å². The molecule has 6 heteroatoms. The maximum Gasteiger partial charge on any atom is 0.317 e. The molecule has 1 aromatic rings. The zero-order valence-electron chi connectivity index (χ0n) is 13.6. The predicted molar refractivity (Wildman–Crippen MR) is 87.1 cm³/mol. The largest absolute Gasteiger partial charge is 0.392 e. The van der Waals surface area contributed by atoms with Gasteiger partial charge in [-0.05, 0) is 38.8 Å². The fraction of sp³-hybridized carbons (Fsp3) is 0.625. The molecular formula is C16H26N4O2. The van der Waals surface area contributed by atoms with Gasteiger partial charge in [-0.15, -0.1) is 0 Å². The molecule has 122 valence electrons. The van der Waals surface area contributed by atoms with Crippen molar-refractivity contribution in [3.8, 4) is 0 Å². The van der Waals surface area contributed by atoms with Crippen LogP contribution in [-0.2, 0) is 0 Å². The fourth-order valence-corrected chi connectivity index (χ4v) is 2.72. The van der Waals surface area contributed by atoms with Crippen LogP contribution < -0.4 is 10.2 Å². The molecule has 1 fully saturated rings. The number of carbonyl (C=O) groups excluding carboxylic acids is 1. The normalized spacial score (nSPS) is 17.2. The van der Waals surface area contributed by atoms with E-state index in [1.807, 2.05) is 25.1 Å². The van der Waals surface area contributed by atoms with Crippen molar-refractivity contribution >= 4 is 11.8 Å². The van der Waals surface area contributed by atoms with Crippen LogP contribution in [0.15, 0.2) is 18.2 Å². The van der Waals surface area contributed by atoms with Gasteiger partial charge in [-0.1, -0.05) is 6.07 Å². The van der Waals surface area contributed by atoms with Gasteiger partial charge in [0.1, 0.15) is 5.82 Å². The number of urea groups is 1. The Balaban J connectivity index is 1.81. The molecule has 1 aromatic heterocycles. The number of rotatable bonds is 4. The first-order chi connectivity index (χ1) is 10.5. The number of aliphatic hydroxyl groups is 1. The van der Waals surface area contributed by atoms with Gasteiger partial charge < -0.3 is 20.2 Å². The van der Waals surface area contributed by atoms with Crippen molar-refractivity contribution < 1.29 is 9.90 Å². The van der Waals surface area contributed by atoms with Crippen molar-refractivity contribution in [2.24, 2.45) is 0 Å². The van der Waals surface area contributed by atoms with Gasteiger partial charge in [-0.25, -0.2) is 9.78 Å². The summed E-state index contributed by atoms with van der Waals surface area (Å²) in [6, 6.07) is 6.12. The molecule has 1 aliphatic rings. The quantitative estimate of drug-likeness (QED) is 0.882. The first kappa shape index (κ1) is 16.5. The van der Waals surface area contributed by atoms with E-state index in [1.165, 1.54) is 4.90 Å². The maximum atomic E-state index is 12.0. The monoisotopic (exact) mass is 306 g/mol. The average Bonchev–Trinajstić information content (AvgIpc) is 2.47. The molecule has 0 radical (unpaired) electrons. The fourth-order valence-electron chi connectivity index (χ4n) is 2.72. The Labute approximate surface area is 132 Å². The van der Waals surface area contributed by atoms with Gasteiger partial charge in [0.05, 0.1) is 6.10 Å². The van der Waals surface area contributed by atoms with Gasteiger partial charge in [-0.2, -0.15) is 0 Å². The lowest BCUT2D eigenvalue weighted by Crippen LogP contribution is -2.49. The lowest BCUT2D eigenvalue weighted by Gasteiger charge is -2.34. The highest BCUT2D eigenvalue weighted by Crippen LogP contribution is 2.18. The van der Waals surface area contributed by atoms with E-state index in [-0.39, 0.29) is 12.1 Å². The van der Waals surface area contributed by atoms with Crippen LogP contribution in [0.5, 0.6) is 0 Å². The summed E-state index contributed by atoms with van der Waals surface area (Å²) in [5.41, 5.74) is 1.02. The lowest BCUT2D eigenvalue weighted by atomic mass is 10.1. The van der Waals surface area contributed by atoms with E-state index in [2.05, 4.69) is 15.2 Å². The smallest absolute Gasteiger partial charge is 0.317 e. The van der Waals surface area contributed by atoms with Gasteiger partial charge in [0.25, 0.3) is 0 Å². The minimum atomic E-state index is -0.509.